The van der Waals surface area contributed by atoms with E-state index in [1.807, 2.05) is 48.7 Å². The van der Waals surface area contributed by atoms with Gasteiger partial charge < -0.3 is 14.5 Å². The van der Waals surface area contributed by atoms with Gasteiger partial charge in [0.15, 0.2) is 0 Å². The molecule has 0 bridgehead atoms. The minimum Gasteiger partial charge on any atom is -0.473 e. The van der Waals surface area contributed by atoms with Gasteiger partial charge in [0, 0.05) is 47.9 Å². The summed E-state index contributed by atoms with van der Waals surface area (Å²) in [6.07, 6.45) is 5.32. The number of pyridine rings is 2. The summed E-state index contributed by atoms with van der Waals surface area (Å²) in [6, 6.07) is 21.4. The van der Waals surface area contributed by atoms with Crippen LogP contribution < -0.4 is 4.74 Å². The summed E-state index contributed by atoms with van der Waals surface area (Å²) in [7, 11) is 0. The molecule has 1 saturated heterocycles. The van der Waals surface area contributed by atoms with Gasteiger partial charge in [0.2, 0.25) is 5.88 Å². The van der Waals surface area contributed by atoms with Gasteiger partial charge in [-0.2, -0.15) is 0 Å². The molecule has 1 N–H and O–H groups in total. The molecule has 6 rings (SSSR count). The molecule has 2 aromatic carbocycles. The Hall–Kier alpha value is -4.30. The number of aromatic nitrogens is 4. The van der Waals surface area contributed by atoms with E-state index in [1.54, 1.807) is 18.5 Å². The number of aromatic amines is 1. The van der Waals surface area contributed by atoms with Crippen molar-refractivity contribution >= 4 is 27.9 Å². The van der Waals surface area contributed by atoms with Crippen LogP contribution in [0.25, 0.3) is 21.9 Å². The molecular formula is C29H27N5O3. The van der Waals surface area contributed by atoms with Crippen LogP contribution in [0.15, 0.2) is 79.3 Å². The van der Waals surface area contributed by atoms with E-state index >= 15 is 0 Å². The van der Waals surface area contributed by atoms with E-state index in [0.29, 0.717) is 24.0 Å². The van der Waals surface area contributed by atoms with Crippen LogP contribution in [-0.2, 0) is 11.3 Å². The van der Waals surface area contributed by atoms with E-state index in [1.165, 1.54) is 0 Å². The van der Waals surface area contributed by atoms with Crippen molar-refractivity contribution < 1.29 is 14.3 Å². The van der Waals surface area contributed by atoms with Gasteiger partial charge in [-0.3, -0.25) is 9.88 Å². The predicted molar refractivity (Wildman–Crippen MR) is 140 cm³/mol. The Balaban J connectivity index is 1.02. The number of nitrogens with one attached hydrogen (secondary N) is 1. The Bertz CT molecular complexity index is 1540. The van der Waals surface area contributed by atoms with Gasteiger partial charge in [-0.05, 0) is 49.2 Å². The average molecular weight is 494 g/mol. The first-order valence-electron chi connectivity index (χ1n) is 12.5. The normalized spacial score (nSPS) is 14.7. The number of carbonyl (C=O) groups excluding carboxylic acids is 1. The van der Waals surface area contributed by atoms with Crippen LogP contribution in [0.2, 0.25) is 0 Å². The van der Waals surface area contributed by atoms with Crippen LogP contribution in [-0.4, -0.2) is 50.6 Å². The first kappa shape index (κ1) is 23.1. The number of likely N-dealkylation sites (tertiary alicyclic amines) is 1. The average Bonchev–Trinajstić information content (AvgIpc) is 3.43. The highest BCUT2D eigenvalue weighted by atomic mass is 16.5. The number of hydrogen-bond donors (Lipinski definition) is 1. The maximum Gasteiger partial charge on any atom is 0.339 e. The van der Waals surface area contributed by atoms with Crippen molar-refractivity contribution in [1.82, 2.24) is 24.8 Å². The third-order valence-electron chi connectivity index (χ3n) is 6.90. The standard InChI is InChI=1S/C29H27N5O3/c35-29(21-8-9-26-27(16-21)32-18-31-26)37-19-34-14-11-20(12-15-34)24-6-3-7-28(33-24)36-17-22-10-13-30-25-5-2-1-4-23(22)25/h1-10,13,16,18,20H,11-12,14-15,17,19H2,(H,31,32). The molecule has 37 heavy (non-hydrogen) atoms. The molecule has 3 aromatic heterocycles. The minimum absolute atomic E-state index is 0.281. The SMILES string of the molecule is O=C(OCN1CCC(c2cccc(OCc3ccnc4ccccc34)n2)CC1)c1ccc2nc[nH]c2c1. The maximum atomic E-state index is 12.5. The van der Waals surface area contributed by atoms with Crippen LogP contribution in [0.5, 0.6) is 5.88 Å². The summed E-state index contributed by atoms with van der Waals surface area (Å²) in [5.41, 5.74) is 5.26. The monoisotopic (exact) mass is 493 g/mol. The summed E-state index contributed by atoms with van der Waals surface area (Å²) in [5, 5.41) is 1.09. The number of imidazole rings is 1. The fourth-order valence-electron chi connectivity index (χ4n) is 4.82. The molecule has 0 aliphatic carbocycles. The molecule has 4 heterocycles. The summed E-state index contributed by atoms with van der Waals surface area (Å²) in [5.74, 6) is 0.649. The molecule has 0 radical (unpaired) electrons. The highest BCUT2D eigenvalue weighted by molar-refractivity contribution is 5.93. The molecule has 0 unspecified atom stereocenters. The highest BCUT2D eigenvalue weighted by Crippen LogP contribution is 2.28. The van der Waals surface area contributed by atoms with Gasteiger partial charge in [-0.15, -0.1) is 0 Å². The molecule has 0 spiro atoms. The summed E-state index contributed by atoms with van der Waals surface area (Å²) in [4.78, 5) is 31.1. The molecular weight excluding hydrogens is 466 g/mol. The Morgan fingerprint density at radius 1 is 0.973 bits per heavy atom. The minimum atomic E-state index is -0.327. The summed E-state index contributed by atoms with van der Waals surface area (Å²) < 4.78 is 11.6. The van der Waals surface area contributed by atoms with Crippen LogP contribution in [0.3, 0.4) is 0 Å². The molecule has 8 nitrogen and oxygen atoms in total. The van der Waals surface area contributed by atoms with Gasteiger partial charge in [0.05, 0.1) is 28.4 Å². The number of rotatable bonds is 7. The number of fused-ring (bicyclic) bond motifs is 2. The zero-order valence-electron chi connectivity index (χ0n) is 20.3. The number of nitrogens with zero attached hydrogens (tertiary/aromatic N) is 4. The molecule has 186 valence electrons. The van der Waals surface area contributed by atoms with E-state index in [-0.39, 0.29) is 12.7 Å². The number of esters is 1. The predicted octanol–water partition coefficient (Wildman–Crippen LogP) is 5.08. The smallest absolute Gasteiger partial charge is 0.339 e. The van der Waals surface area contributed by atoms with Crippen molar-refractivity contribution in [3.63, 3.8) is 0 Å². The van der Waals surface area contributed by atoms with Crippen molar-refractivity contribution in [1.29, 1.82) is 0 Å². The second kappa shape index (κ2) is 10.4. The molecule has 1 aliphatic rings. The summed E-state index contributed by atoms with van der Waals surface area (Å²) >= 11 is 0. The van der Waals surface area contributed by atoms with Crippen LogP contribution in [0.4, 0.5) is 0 Å². The molecule has 0 atom stereocenters. The van der Waals surface area contributed by atoms with Gasteiger partial charge in [-0.1, -0.05) is 24.3 Å². The Labute approximate surface area is 214 Å². The third-order valence-corrected chi connectivity index (χ3v) is 6.90. The lowest BCUT2D eigenvalue weighted by atomic mass is 9.93. The quantitative estimate of drug-likeness (QED) is 0.316. The number of para-hydroxylation sites is 1. The van der Waals surface area contributed by atoms with E-state index < -0.39 is 0 Å². The lowest BCUT2D eigenvalue weighted by molar-refractivity contribution is 0.0155. The largest absolute Gasteiger partial charge is 0.473 e. The van der Waals surface area contributed by atoms with Gasteiger partial charge >= 0.3 is 5.97 Å². The fraction of sp³-hybridized carbons (Fsp3) is 0.241. The zero-order valence-corrected chi connectivity index (χ0v) is 20.3. The fourth-order valence-corrected chi connectivity index (χ4v) is 4.82. The van der Waals surface area contributed by atoms with Gasteiger partial charge in [0.1, 0.15) is 13.3 Å². The van der Waals surface area contributed by atoms with Crippen molar-refractivity contribution in [2.75, 3.05) is 19.8 Å². The number of H-pyrrole nitrogens is 1. The van der Waals surface area contributed by atoms with Gasteiger partial charge in [-0.25, -0.2) is 14.8 Å². The van der Waals surface area contributed by atoms with Crippen molar-refractivity contribution in [3.05, 3.63) is 96.1 Å². The van der Waals surface area contributed by atoms with Crippen molar-refractivity contribution in [3.8, 4) is 5.88 Å². The summed E-state index contributed by atoms with van der Waals surface area (Å²) in [6.45, 7) is 2.40. The second-order valence-corrected chi connectivity index (χ2v) is 9.26. The van der Waals surface area contributed by atoms with Crippen LogP contribution in [0.1, 0.15) is 40.4 Å². The molecule has 0 amide bonds. The topological polar surface area (TPSA) is 93.2 Å². The Morgan fingerprint density at radius 2 is 1.86 bits per heavy atom. The number of ether oxygens (including phenoxy) is 2. The first-order valence-corrected chi connectivity index (χ1v) is 12.5. The Morgan fingerprint density at radius 3 is 2.78 bits per heavy atom. The maximum absolute atomic E-state index is 12.5. The third kappa shape index (κ3) is 5.15. The number of carbonyl (C=O) groups is 1. The van der Waals surface area contributed by atoms with Gasteiger partial charge in [0.25, 0.3) is 0 Å². The van der Waals surface area contributed by atoms with E-state index in [2.05, 4.69) is 32.0 Å². The zero-order chi connectivity index (χ0) is 25.0. The van der Waals surface area contributed by atoms with Crippen molar-refractivity contribution in [2.45, 2.75) is 25.4 Å². The molecule has 1 fully saturated rings. The number of hydrogen-bond acceptors (Lipinski definition) is 7. The Kier molecular flexibility index (Phi) is 6.47. The highest BCUT2D eigenvalue weighted by Gasteiger charge is 2.23. The van der Waals surface area contributed by atoms with E-state index in [4.69, 9.17) is 14.5 Å². The molecule has 5 aromatic rings. The number of piperidine rings is 1. The first-order chi connectivity index (χ1) is 18.2. The van der Waals surface area contributed by atoms with E-state index in [9.17, 15) is 4.79 Å². The van der Waals surface area contributed by atoms with Crippen molar-refractivity contribution in [2.24, 2.45) is 0 Å². The molecule has 8 heteroatoms. The second-order valence-electron chi connectivity index (χ2n) is 9.26. The molecule has 1 aliphatic heterocycles. The van der Waals surface area contributed by atoms with Crippen LogP contribution in [0, 0.1) is 0 Å². The van der Waals surface area contributed by atoms with E-state index in [0.717, 1.165) is 59.1 Å². The lowest BCUT2D eigenvalue weighted by Gasteiger charge is -2.31. The molecule has 0 saturated carbocycles. The van der Waals surface area contributed by atoms with Crippen LogP contribution >= 0.6 is 0 Å². The lowest BCUT2D eigenvalue weighted by Crippen LogP contribution is -2.35. The number of benzene rings is 2.